The summed E-state index contributed by atoms with van der Waals surface area (Å²) >= 11 is 0. The van der Waals surface area contributed by atoms with Gasteiger partial charge in [-0.05, 0) is 12.1 Å². The van der Waals surface area contributed by atoms with E-state index in [1.165, 1.54) is 0 Å². The zero-order valence-electron chi connectivity index (χ0n) is 12.4. The number of carbonyl (C=O) groups excluding carboxylic acids is 1. The molecule has 3 rings (SSSR count). The van der Waals surface area contributed by atoms with Crippen LogP contribution in [-0.4, -0.2) is 52.8 Å². The van der Waals surface area contributed by atoms with Gasteiger partial charge in [-0.25, -0.2) is 0 Å². The minimum atomic E-state index is -0.279. The summed E-state index contributed by atoms with van der Waals surface area (Å²) in [6, 6.07) is 8.19. The molecule has 0 aliphatic carbocycles. The fourth-order valence-corrected chi connectivity index (χ4v) is 2.99. The second-order valence-electron chi connectivity index (χ2n) is 5.65. The molecule has 6 nitrogen and oxygen atoms in total. The molecular weight excluding hydrogens is 278 g/mol. The van der Waals surface area contributed by atoms with Crippen molar-refractivity contribution in [1.82, 2.24) is 14.2 Å². The van der Waals surface area contributed by atoms with Gasteiger partial charge in [0.2, 0.25) is 5.91 Å². The Hall–Kier alpha value is -2.36. The summed E-state index contributed by atoms with van der Waals surface area (Å²) in [5.41, 5.74) is 7.98. The highest BCUT2D eigenvalue weighted by molar-refractivity contribution is 5.75. The van der Waals surface area contributed by atoms with Crippen LogP contribution in [-0.2, 0) is 11.3 Å². The quantitative estimate of drug-likeness (QED) is 0.887. The van der Waals surface area contributed by atoms with Crippen LogP contribution in [0.5, 0.6) is 0 Å². The number of fused-ring (bicyclic) bond motifs is 1. The number of nitriles is 1. The molecule has 1 aliphatic heterocycles. The van der Waals surface area contributed by atoms with Gasteiger partial charge in [-0.15, -0.1) is 0 Å². The molecule has 2 aromatic heterocycles. The standard InChI is InChI=1S/C16H19N5O/c17-9-14-13(11-21-4-2-1-3-15(14)21)10-19-5-7-20(8-6-19)12-16(18)22/h1-4,11H,5-8,10,12H2,(H2,18,22). The van der Waals surface area contributed by atoms with Gasteiger partial charge in [-0.3, -0.25) is 14.6 Å². The minimum Gasteiger partial charge on any atom is -0.369 e. The van der Waals surface area contributed by atoms with E-state index >= 15 is 0 Å². The lowest BCUT2D eigenvalue weighted by Gasteiger charge is -2.33. The smallest absolute Gasteiger partial charge is 0.231 e. The van der Waals surface area contributed by atoms with Gasteiger partial charge in [0.15, 0.2) is 0 Å². The average Bonchev–Trinajstić information content (AvgIpc) is 2.85. The van der Waals surface area contributed by atoms with E-state index in [0.717, 1.165) is 49.4 Å². The number of amides is 1. The van der Waals surface area contributed by atoms with Crippen LogP contribution in [0.4, 0.5) is 0 Å². The lowest BCUT2D eigenvalue weighted by Crippen LogP contribution is -2.48. The molecule has 0 bridgehead atoms. The van der Waals surface area contributed by atoms with E-state index < -0.39 is 0 Å². The van der Waals surface area contributed by atoms with Crippen molar-refractivity contribution < 1.29 is 4.79 Å². The number of aromatic nitrogens is 1. The molecule has 3 heterocycles. The molecule has 6 heteroatoms. The molecule has 2 N–H and O–H groups in total. The number of primary amides is 1. The van der Waals surface area contributed by atoms with E-state index in [1.54, 1.807) is 0 Å². The predicted octanol–water partition coefficient (Wildman–Crippen LogP) is 0.414. The Morgan fingerprint density at radius 3 is 2.64 bits per heavy atom. The van der Waals surface area contributed by atoms with Crippen LogP contribution >= 0.6 is 0 Å². The molecule has 114 valence electrons. The fourth-order valence-electron chi connectivity index (χ4n) is 2.99. The summed E-state index contributed by atoms with van der Waals surface area (Å²) in [6.45, 7) is 4.51. The van der Waals surface area contributed by atoms with Crippen molar-refractivity contribution >= 4 is 11.4 Å². The maximum absolute atomic E-state index is 11.0. The molecule has 1 fully saturated rings. The molecule has 22 heavy (non-hydrogen) atoms. The number of piperazine rings is 1. The Morgan fingerprint density at radius 1 is 1.23 bits per heavy atom. The highest BCUT2D eigenvalue weighted by atomic mass is 16.1. The highest BCUT2D eigenvalue weighted by Crippen LogP contribution is 2.20. The fraction of sp³-hybridized carbons (Fsp3) is 0.375. The SMILES string of the molecule is N#Cc1c(CN2CCN(CC(N)=O)CC2)cn2ccccc12. The van der Waals surface area contributed by atoms with Gasteiger partial charge in [-0.1, -0.05) is 6.07 Å². The topological polar surface area (TPSA) is 77.8 Å². The van der Waals surface area contributed by atoms with Gasteiger partial charge in [0, 0.05) is 50.7 Å². The second kappa shape index (κ2) is 6.18. The van der Waals surface area contributed by atoms with Crippen molar-refractivity contribution in [1.29, 1.82) is 5.26 Å². The third-order valence-electron chi connectivity index (χ3n) is 4.11. The monoisotopic (exact) mass is 297 g/mol. The first kappa shape index (κ1) is 14.6. The normalized spacial score (nSPS) is 16.7. The van der Waals surface area contributed by atoms with Crippen LogP contribution in [0.2, 0.25) is 0 Å². The van der Waals surface area contributed by atoms with Gasteiger partial charge in [0.05, 0.1) is 17.6 Å². The van der Waals surface area contributed by atoms with Crippen LogP contribution < -0.4 is 5.73 Å². The third kappa shape index (κ3) is 2.96. The Balaban J connectivity index is 1.70. The van der Waals surface area contributed by atoms with Crippen LogP contribution in [0.3, 0.4) is 0 Å². The molecular formula is C16H19N5O. The molecule has 0 spiro atoms. The number of hydrogen-bond acceptors (Lipinski definition) is 4. The molecule has 0 unspecified atom stereocenters. The largest absolute Gasteiger partial charge is 0.369 e. The van der Waals surface area contributed by atoms with Crippen molar-refractivity contribution in [2.45, 2.75) is 6.54 Å². The summed E-state index contributed by atoms with van der Waals surface area (Å²) in [4.78, 5) is 15.3. The summed E-state index contributed by atoms with van der Waals surface area (Å²) in [6.07, 6.45) is 3.99. The molecule has 2 aromatic rings. The highest BCUT2D eigenvalue weighted by Gasteiger charge is 2.20. The minimum absolute atomic E-state index is 0.279. The van der Waals surface area contributed by atoms with Crippen molar-refractivity contribution in [3.63, 3.8) is 0 Å². The number of hydrogen-bond donors (Lipinski definition) is 1. The lowest BCUT2D eigenvalue weighted by molar-refractivity contribution is -0.119. The molecule has 1 saturated heterocycles. The second-order valence-corrected chi connectivity index (χ2v) is 5.65. The molecule has 0 atom stereocenters. The van der Waals surface area contributed by atoms with Gasteiger partial charge in [-0.2, -0.15) is 5.26 Å². The van der Waals surface area contributed by atoms with Crippen molar-refractivity contribution in [2.24, 2.45) is 5.73 Å². The summed E-state index contributed by atoms with van der Waals surface area (Å²) < 4.78 is 2.00. The first-order valence-corrected chi connectivity index (χ1v) is 7.39. The molecule has 0 saturated carbocycles. The number of nitrogens with zero attached hydrogens (tertiary/aromatic N) is 4. The molecule has 1 aliphatic rings. The Bertz CT molecular complexity index is 722. The van der Waals surface area contributed by atoms with E-state index in [1.807, 2.05) is 35.0 Å². The van der Waals surface area contributed by atoms with E-state index in [-0.39, 0.29) is 5.91 Å². The van der Waals surface area contributed by atoms with Gasteiger partial charge >= 0.3 is 0 Å². The first-order chi connectivity index (χ1) is 10.7. The Kier molecular flexibility index (Phi) is 4.09. The Morgan fingerprint density at radius 2 is 1.95 bits per heavy atom. The molecule has 0 radical (unpaired) electrons. The van der Waals surface area contributed by atoms with Gasteiger partial charge in [0.1, 0.15) is 6.07 Å². The van der Waals surface area contributed by atoms with Crippen LogP contribution in [0.1, 0.15) is 11.1 Å². The van der Waals surface area contributed by atoms with E-state index in [9.17, 15) is 10.1 Å². The van der Waals surface area contributed by atoms with Crippen molar-refractivity contribution in [3.05, 3.63) is 41.7 Å². The zero-order valence-corrected chi connectivity index (χ0v) is 12.4. The number of carbonyl (C=O) groups is 1. The van der Waals surface area contributed by atoms with Gasteiger partial charge < -0.3 is 10.1 Å². The predicted molar refractivity (Wildman–Crippen MR) is 83.0 cm³/mol. The van der Waals surface area contributed by atoms with E-state index in [4.69, 9.17) is 5.73 Å². The lowest BCUT2D eigenvalue weighted by atomic mass is 10.1. The van der Waals surface area contributed by atoms with Crippen LogP contribution in [0.15, 0.2) is 30.6 Å². The molecule has 0 aromatic carbocycles. The number of pyridine rings is 1. The summed E-state index contributed by atoms with van der Waals surface area (Å²) in [7, 11) is 0. The average molecular weight is 297 g/mol. The summed E-state index contributed by atoms with van der Waals surface area (Å²) in [5, 5.41) is 9.43. The van der Waals surface area contributed by atoms with Crippen molar-refractivity contribution in [3.8, 4) is 6.07 Å². The van der Waals surface area contributed by atoms with Crippen LogP contribution in [0, 0.1) is 11.3 Å². The number of nitrogens with two attached hydrogens (primary N) is 1. The number of rotatable bonds is 4. The third-order valence-corrected chi connectivity index (χ3v) is 4.11. The maximum atomic E-state index is 11.0. The van der Waals surface area contributed by atoms with E-state index in [2.05, 4.69) is 15.9 Å². The van der Waals surface area contributed by atoms with E-state index in [0.29, 0.717) is 6.54 Å². The maximum Gasteiger partial charge on any atom is 0.231 e. The van der Waals surface area contributed by atoms with Crippen molar-refractivity contribution in [2.75, 3.05) is 32.7 Å². The Labute approximate surface area is 129 Å². The zero-order chi connectivity index (χ0) is 15.5. The first-order valence-electron chi connectivity index (χ1n) is 7.39. The summed E-state index contributed by atoms with van der Waals surface area (Å²) in [5.74, 6) is -0.279. The van der Waals surface area contributed by atoms with Crippen LogP contribution in [0.25, 0.3) is 5.52 Å². The van der Waals surface area contributed by atoms with Gasteiger partial charge in [0.25, 0.3) is 0 Å². The molecule has 1 amide bonds.